The SMILES string of the molecule is Cc1c(Cl)ccc2sc(N(CC3CCCO3)C(=O)/C=C/c3cccc([N+](=O)[O-])c3)nc12. The zero-order valence-corrected chi connectivity index (χ0v) is 18.4. The Balaban J connectivity index is 1.64. The van der Waals surface area contributed by atoms with Crippen LogP contribution in [-0.4, -0.2) is 35.1 Å². The van der Waals surface area contributed by atoms with Gasteiger partial charge in [0.15, 0.2) is 5.13 Å². The Morgan fingerprint density at radius 3 is 3.00 bits per heavy atom. The number of thiazole rings is 1. The van der Waals surface area contributed by atoms with Gasteiger partial charge in [-0.05, 0) is 49.1 Å². The number of fused-ring (bicyclic) bond motifs is 1. The molecule has 1 aromatic heterocycles. The molecule has 4 rings (SSSR count). The summed E-state index contributed by atoms with van der Waals surface area (Å²) in [7, 11) is 0. The van der Waals surface area contributed by atoms with E-state index in [0.717, 1.165) is 28.6 Å². The van der Waals surface area contributed by atoms with Crippen molar-refractivity contribution in [2.45, 2.75) is 25.9 Å². The number of benzene rings is 2. The second-order valence-electron chi connectivity index (χ2n) is 7.28. The number of anilines is 1. The number of nitro benzene ring substituents is 1. The van der Waals surface area contributed by atoms with Gasteiger partial charge in [-0.3, -0.25) is 19.8 Å². The topological polar surface area (TPSA) is 85.6 Å². The molecule has 0 spiro atoms. The summed E-state index contributed by atoms with van der Waals surface area (Å²) in [4.78, 5) is 30.0. The molecule has 1 fully saturated rings. The van der Waals surface area contributed by atoms with Gasteiger partial charge >= 0.3 is 0 Å². The zero-order chi connectivity index (χ0) is 22.0. The van der Waals surface area contributed by atoms with Crippen molar-refractivity contribution in [2.24, 2.45) is 0 Å². The molecule has 1 amide bonds. The number of halogens is 1. The summed E-state index contributed by atoms with van der Waals surface area (Å²) in [6.07, 6.45) is 4.79. The first kappa shape index (κ1) is 21.4. The van der Waals surface area contributed by atoms with Gasteiger partial charge < -0.3 is 4.74 Å². The van der Waals surface area contributed by atoms with E-state index in [1.165, 1.54) is 29.5 Å². The average Bonchev–Trinajstić information content (AvgIpc) is 3.43. The summed E-state index contributed by atoms with van der Waals surface area (Å²) < 4.78 is 6.69. The Hall–Kier alpha value is -2.81. The van der Waals surface area contributed by atoms with Gasteiger partial charge in [0, 0.05) is 29.8 Å². The van der Waals surface area contributed by atoms with Crippen molar-refractivity contribution in [1.82, 2.24) is 4.98 Å². The Morgan fingerprint density at radius 2 is 2.26 bits per heavy atom. The molecular formula is C22H20ClN3O4S. The van der Waals surface area contributed by atoms with E-state index >= 15 is 0 Å². The van der Waals surface area contributed by atoms with E-state index < -0.39 is 4.92 Å². The first-order valence-electron chi connectivity index (χ1n) is 9.83. The van der Waals surface area contributed by atoms with Crippen LogP contribution >= 0.6 is 22.9 Å². The van der Waals surface area contributed by atoms with Gasteiger partial charge in [0.2, 0.25) is 0 Å². The maximum absolute atomic E-state index is 13.1. The predicted octanol–water partition coefficient (Wildman–Crippen LogP) is 5.39. The Bertz CT molecular complexity index is 1170. The molecule has 1 aliphatic heterocycles. The molecule has 160 valence electrons. The highest BCUT2D eigenvalue weighted by Crippen LogP contribution is 2.34. The summed E-state index contributed by atoms with van der Waals surface area (Å²) in [5.74, 6) is -0.259. The van der Waals surface area contributed by atoms with E-state index in [1.54, 1.807) is 23.1 Å². The summed E-state index contributed by atoms with van der Waals surface area (Å²) in [6, 6.07) is 9.88. The normalized spacial score (nSPS) is 16.3. The number of hydrogen-bond donors (Lipinski definition) is 0. The number of aromatic nitrogens is 1. The highest BCUT2D eigenvalue weighted by molar-refractivity contribution is 7.22. The molecule has 0 saturated carbocycles. The van der Waals surface area contributed by atoms with E-state index in [-0.39, 0.29) is 17.7 Å². The Labute approximate surface area is 188 Å². The number of nitro groups is 1. The van der Waals surface area contributed by atoms with Gasteiger partial charge in [-0.15, -0.1) is 0 Å². The summed E-state index contributed by atoms with van der Waals surface area (Å²) in [5, 5.41) is 12.2. The van der Waals surface area contributed by atoms with Crippen molar-refractivity contribution < 1.29 is 14.5 Å². The van der Waals surface area contributed by atoms with Crippen molar-refractivity contribution >= 4 is 56.0 Å². The van der Waals surface area contributed by atoms with Crippen LogP contribution in [0.5, 0.6) is 0 Å². The van der Waals surface area contributed by atoms with Gasteiger partial charge in [0.05, 0.1) is 27.8 Å². The third kappa shape index (κ3) is 4.76. The van der Waals surface area contributed by atoms with Crippen LogP contribution in [0.25, 0.3) is 16.3 Å². The van der Waals surface area contributed by atoms with Crippen molar-refractivity contribution in [1.29, 1.82) is 0 Å². The fraction of sp³-hybridized carbons (Fsp3) is 0.273. The molecule has 0 radical (unpaired) electrons. The highest BCUT2D eigenvalue weighted by Gasteiger charge is 2.25. The minimum absolute atomic E-state index is 0.0238. The lowest BCUT2D eigenvalue weighted by molar-refractivity contribution is -0.384. The quantitative estimate of drug-likeness (QED) is 0.281. The lowest BCUT2D eigenvalue weighted by atomic mass is 10.2. The lowest BCUT2D eigenvalue weighted by Crippen LogP contribution is -2.36. The average molecular weight is 458 g/mol. The number of ether oxygens (including phenoxy) is 1. The number of carbonyl (C=O) groups is 1. The van der Waals surface area contributed by atoms with Crippen LogP contribution in [0.3, 0.4) is 0 Å². The van der Waals surface area contributed by atoms with Gasteiger partial charge in [0.25, 0.3) is 11.6 Å². The molecule has 3 aromatic rings. The van der Waals surface area contributed by atoms with Crippen molar-refractivity contribution in [3.05, 3.63) is 68.7 Å². The number of nitrogens with zero attached hydrogens (tertiary/aromatic N) is 3. The monoisotopic (exact) mass is 457 g/mol. The van der Waals surface area contributed by atoms with Crippen LogP contribution < -0.4 is 4.90 Å². The fourth-order valence-corrected chi connectivity index (χ4v) is 4.65. The Kier molecular flexibility index (Phi) is 6.31. The van der Waals surface area contributed by atoms with Crippen molar-refractivity contribution in [3.8, 4) is 0 Å². The Morgan fingerprint density at radius 1 is 1.42 bits per heavy atom. The number of non-ortho nitro benzene ring substituents is 1. The molecule has 2 heterocycles. The predicted molar refractivity (Wildman–Crippen MR) is 123 cm³/mol. The number of rotatable bonds is 6. The van der Waals surface area contributed by atoms with Crippen LogP contribution in [0.15, 0.2) is 42.5 Å². The second-order valence-corrected chi connectivity index (χ2v) is 8.70. The van der Waals surface area contributed by atoms with E-state index in [0.29, 0.717) is 28.9 Å². The number of aryl methyl sites for hydroxylation is 1. The second kappa shape index (κ2) is 9.13. The number of amides is 1. The number of hydrogen-bond acceptors (Lipinski definition) is 6. The maximum atomic E-state index is 13.1. The highest BCUT2D eigenvalue weighted by atomic mass is 35.5. The molecular weight excluding hydrogens is 438 g/mol. The van der Waals surface area contributed by atoms with Gasteiger partial charge in [-0.2, -0.15) is 0 Å². The van der Waals surface area contributed by atoms with Crippen LogP contribution in [0, 0.1) is 17.0 Å². The minimum atomic E-state index is -0.461. The molecule has 31 heavy (non-hydrogen) atoms. The van der Waals surface area contributed by atoms with Crippen molar-refractivity contribution in [2.75, 3.05) is 18.1 Å². The molecule has 9 heteroatoms. The largest absolute Gasteiger partial charge is 0.376 e. The van der Waals surface area contributed by atoms with Crippen LogP contribution in [0.2, 0.25) is 5.02 Å². The summed E-state index contributed by atoms with van der Waals surface area (Å²) in [5.41, 5.74) is 2.20. The maximum Gasteiger partial charge on any atom is 0.270 e. The molecule has 0 aliphatic carbocycles. The van der Waals surface area contributed by atoms with Crippen LogP contribution in [0.4, 0.5) is 10.8 Å². The minimum Gasteiger partial charge on any atom is -0.376 e. The zero-order valence-electron chi connectivity index (χ0n) is 16.8. The van der Waals surface area contributed by atoms with E-state index in [4.69, 9.17) is 16.3 Å². The van der Waals surface area contributed by atoms with E-state index in [1.807, 2.05) is 19.1 Å². The lowest BCUT2D eigenvalue weighted by Gasteiger charge is -2.21. The van der Waals surface area contributed by atoms with Gasteiger partial charge in [0.1, 0.15) is 0 Å². The van der Waals surface area contributed by atoms with Crippen molar-refractivity contribution in [3.63, 3.8) is 0 Å². The molecule has 7 nitrogen and oxygen atoms in total. The third-order valence-electron chi connectivity index (χ3n) is 5.14. The smallest absolute Gasteiger partial charge is 0.270 e. The standard InChI is InChI=1S/C22H20ClN3O4S/c1-14-18(23)8-9-19-21(14)24-22(31-19)25(13-17-6-3-11-30-17)20(27)10-7-15-4-2-5-16(12-15)26(28)29/h2,4-5,7-10,12,17H,3,6,11,13H2,1H3/b10-7+. The fourth-order valence-electron chi connectivity index (χ4n) is 3.46. The summed E-state index contributed by atoms with van der Waals surface area (Å²) in [6.45, 7) is 2.98. The number of carbonyl (C=O) groups excluding carboxylic acids is 1. The van der Waals surface area contributed by atoms with Gasteiger partial charge in [-0.25, -0.2) is 4.98 Å². The first-order valence-corrected chi connectivity index (χ1v) is 11.0. The molecule has 0 N–H and O–H groups in total. The summed E-state index contributed by atoms with van der Waals surface area (Å²) >= 11 is 7.66. The van der Waals surface area contributed by atoms with E-state index in [2.05, 4.69) is 4.98 Å². The van der Waals surface area contributed by atoms with Crippen LogP contribution in [0.1, 0.15) is 24.0 Å². The molecule has 1 unspecified atom stereocenters. The van der Waals surface area contributed by atoms with Crippen LogP contribution in [-0.2, 0) is 9.53 Å². The molecule has 1 aliphatic rings. The molecule has 1 atom stereocenters. The molecule has 0 bridgehead atoms. The molecule has 1 saturated heterocycles. The van der Waals surface area contributed by atoms with Gasteiger partial charge in [-0.1, -0.05) is 35.1 Å². The third-order valence-corrected chi connectivity index (χ3v) is 6.60. The first-order chi connectivity index (χ1) is 14.9. The molecule has 2 aromatic carbocycles. The van der Waals surface area contributed by atoms with E-state index in [9.17, 15) is 14.9 Å².